The van der Waals surface area contributed by atoms with E-state index in [4.69, 9.17) is 0 Å². The molecule has 0 amide bonds. The predicted octanol–water partition coefficient (Wildman–Crippen LogP) is 6.13. The molecule has 5 heteroatoms. The molecule has 0 nitrogen and oxygen atoms in total. The monoisotopic (exact) mass is 428 g/mol. The summed E-state index contributed by atoms with van der Waals surface area (Å²) >= 11 is 14.2. The standard InChI is InChI=1S/C10H7Br3S2/c1-5-7(3-9(12)15-5)10(13)6-2-8(11)14-4-6/h2-4,10H,1H3. The summed E-state index contributed by atoms with van der Waals surface area (Å²) in [4.78, 5) is 1.65. The zero-order chi connectivity index (χ0) is 11.0. The van der Waals surface area contributed by atoms with Crippen LogP contribution >= 0.6 is 70.5 Å². The lowest BCUT2D eigenvalue weighted by molar-refractivity contribution is 1.18. The van der Waals surface area contributed by atoms with E-state index in [1.165, 1.54) is 23.6 Å². The van der Waals surface area contributed by atoms with Gasteiger partial charge in [0.15, 0.2) is 0 Å². The van der Waals surface area contributed by atoms with E-state index < -0.39 is 0 Å². The maximum Gasteiger partial charge on any atom is 0.0704 e. The van der Waals surface area contributed by atoms with Gasteiger partial charge in [-0.1, -0.05) is 15.9 Å². The summed E-state index contributed by atoms with van der Waals surface area (Å²) in [5, 5.41) is 2.18. The summed E-state index contributed by atoms with van der Waals surface area (Å²) in [7, 11) is 0. The highest BCUT2D eigenvalue weighted by molar-refractivity contribution is 9.11. The first-order chi connectivity index (χ1) is 7.08. The minimum absolute atomic E-state index is 0.294. The smallest absolute Gasteiger partial charge is 0.0704 e. The van der Waals surface area contributed by atoms with Crippen molar-refractivity contribution >= 4 is 70.5 Å². The molecule has 1 unspecified atom stereocenters. The van der Waals surface area contributed by atoms with Crippen LogP contribution in [-0.2, 0) is 0 Å². The molecule has 0 saturated carbocycles. The second kappa shape index (κ2) is 5.00. The molecule has 0 radical (unpaired) electrons. The molecule has 0 N–H and O–H groups in total. The maximum atomic E-state index is 3.74. The lowest BCUT2D eigenvalue weighted by Crippen LogP contribution is -1.89. The van der Waals surface area contributed by atoms with Crippen molar-refractivity contribution in [3.8, 4) is 0 Å². The molecule has 0 aliphatic heterocycles. The number of rotatable bonds is 2. The third-order valence-electron chi connectivity index (χ3n) is 2.08. The summed E-state index contributed by atoms with van der Waals surface area (Å²) in [6.07, 6.45) is 0. The van der Waals surface area contributed by atoms with Gasteiger partial charge in [-0.15, -0.1) is 22.7 Å². The quantitative estimate of drug-likeness (QED) is 0.503. The number of aryl methyl sites for hydroxylation is 1. The van der Waals surface area contributed by atoms with Crippen LogP contribution < -0.4 is 0 Å². The van der Waals surface area contributed by atoms with Crippen molar-refractivity contribution in [1.82, 2.24) is 0 Å². The van der Waals surface area contributed by atoms with Gasteiger partial charge < -0.3 is 0 Å². The Morgan fingerprint density at radius 3 is 2.40 bits per heavy atom. The number of hydrogen-bond acceptors (Lipinski definition) is 2. The Bertz CT molecular complexity index is 473. The Morgan fingerprint density at radius 2 is 1.93 bits per heavy atom. The zero-order valence-corrected chi connectivity index (χ0v) is 14.2. The van der Waals surface area contributed by atoms with E-state index in [-0.39, 0.29) is 0 Å². The van der Waals surface area contributed by atoms with Crippen LogP contribution in [0.3, 0.4) is 0 Å². The molecule has 15 heavy (non-hydrogen) atoms. The van der Waals surface area contributed by atoms with Crippen molar-refractivity contribution in [2.45, 2.75) is 11.8 Å². The van der Waals surface area contributed by atoms with Crippen LogP contribution in [0.4, 0.5) is 0 Å². The van der Waals surface area contributed by atoms with E-state index in [0.717, 1.165) is 0 Å². The Hall–Kier alpha value is 0.840. The van der Waals surface area contributed by atoms with Gasteiger partial charge in [0.2, 0.25) is 0 Å². The van der Waals surface area contributed by atoms with E-state index >= 15 is 0 Å². The van der Waals surface area contributed by atoms with Crippen molar-refractivity contribution in [2.24, 2.45) is 0 Å². The van der Waals surface area contributed by atoms with Gasteiger partial charge in [-0.3, -0.25) is 0 Å². The van der Waals surface area contributed by atoms with E-state index in [1.54, 1.807) is 22.7 Å². The SMILES string of the molecule is Cc1sc(Br)cc1C(Br)c1csc(Br)c1. The molecule has 1 atom stereocenters. The van der Waals surface area contributed by atoms with Crippen LogP contribution in [0.2, 0.25) is 0 Å². The van der Waals surface area contributed by atoms with Crippen molar-refractivity contribution in [3.63, 3.8) is 0 Å². The Labute approximate surface area is 122 Å². The fraction of sp³-hybridized carbons (Fsp3) is 0.200. The molecule has 2 aromatic rings. The topological polar surface area (TPSA) is 0 Å². The van der Waals surface area contributed by atoms with Crippen LogP contribution in [-0.4, -0.2) is 0 Å². The summed E-state index contributed by atoms with van der Waals surface area (Å²) < 4.78 is 2.36. The number of halogens is 3. The summed E-state index contributed by atoms with van der Waals surface area (Å²) in [5.41, 5.74) is 2.65. The van der Waals surface area contributed by atoms with Crippen LogP contribution in [0.1, 0.15) is 20.8 Å². The molecule has 0 aromatic carbocycles. The van der Waals surface area contributed by atoms with Gasteiger partial charge >= 0.3 is 0 Å². The van der Waals surface area contributed by atoms with Crippen LogP contribution in [0.5, 0.6) is 0 Å². The fourth-order valence-corrected chi connectivity index (χ4v) is 5.36. The molecule has 0 spiro atoms. The van der Waals surface area contributed by atoms with Gasteiger partial charge in [0.25, 0.3) is 0 Å². The Morgan fingerprint density at radius 1 is 1.20 bits per heavy atom. The van der Waals surface area contributed by atoms with E-state index in [9.17, 15) is 0 Å². The first kappa shape index (κ1) is 12.3. The average Bonchev–Trinajstić information content (AvgIpc) is 2.71. The van der Waals surface area contributed by atoms with Gasteiger partial charge in [-0.05, 0) is 67.4 Å². The van der Waals surface area contributed by atoms with Gasteiger partial charge in [-0.25, -0.2) is 0 Å². The largest absolute Gasteiger partial charge is 0.136 e. The van der Waals surface area contributed by atoms with Crippen molar-refractivity contribution in [2.75, 3.05) is 0 Å². The second-order valence-corrected chi connectivity index (χ2v) is 8.95. The minimum Gasteiger partial charge on any atom is -0.136 e. The molecule has 2 aromatic heterocycles. The number of alkyl halides is 1. The third kappa shape index (κ3) is 2.75. The highest BCUT2D eigenvalue weighted by Crippen LogP contribution is 2.40. The molecular formula is C10H7Br3S2. The Balaban J connectivity index is 2.35. The predicted molar refractivity (Wildman–Crippen MR) is 79.5 cm³/mol. The fourth-order valence-electron chi connectivity index (χ4n) is 1.35. The molecular weight excluding hydrogens is 424 g/mol. The summed E-state index contributed by atoms with van der Waals surface area (Å²) in [5.74, 6) is 0. The number of hydrogen-bond donors (Lipinski definition) is 0. The van der Waals surface area contributed by atoms with Crippen LogP contribution in [0, 0.1) is 6.92 Å². The van der Waals surface area contributed by atoms with Crippen molar-refractivity contribution in [3.05, 3.63) is 41.1 Å². The number of thiophene rings is 2. The molecule has 0 fully saturated rings. The highest BCUT2D eigenvalue weighted by Gasteiger charge is 2.16. The molecule has 80 valence electrons. The van der Waals surface area contributed by atoms with E-state index in [1.807, 2.05) is 0 Å². The van der Waals surface area contributed by atoms with Gasteiger partial charge in [0.05, 0.1) is 12.4 Å². The molecule has 0 saturated heterocycles. The van der Waals surface area contributed by atoms with Crippen LogP contribution in [0.25, 0.3) is 0 Å². The van der Waals surface area contributed by atoms with Gasteiger partial charge in [0, 0.05) is 4.88 Å². The second-order valence-electron chi connectivity index (χ2n) is 3.11. The Kier molecular flexibility index (Phi) is 4.10. The van der Waals surface area contributed by atoms with Crippen molar-refractivity contribution < 1.29 is 0 Å². The average molecular weight is 431 g/mol. The summed E-state index contributed by atoms with van der Waals surface area (Å²) in [6.45, 7) is 2.15. The zero-order valence-electron chi connectivity index (χ0n) is 7.76. The first-order valence-electron chi connectivity index (χ1n) is 4.21. The highest BCUT2D eigenvalue weighted by atomic mass is 79.9. The van der Waals surface area contributed by atoms with Gasteiger partial charge in [0.1, 0.15) is 0 Å². The van der Waals surface area contributed by atoms with E-state index in [0.29, 0.717) is 4.83 Å². The lowest BCUT2D eigenvalue weighted by atomic mass is 10.1. The molecule has 0 bridgehead atoms. The minimum atomic E-state index is 0.294. The van der Waals surface area contributed by atoms with Gasteiger partial charge in [-0.2, -0.15) is 0 Å². The molecule has 0 aliphatic rings. The molecule has 0 aliphatic carbocycles. The van der Waals surface area contributed by atoms with Crippen molar-refractivity contribution in [1.29, 1.82) is 0 Å². The lowest BCUT2D eigenvalue weighted by Gasteiger charge is -2.06. The molecule has 2 rings (SSSR count). The van der Waals surface area contributed by atoms with Crippen LogP contribution in [0.15, 0.2) is 25.1 Å². The van der Waals surface area contributed by atoms with E-state index in [2.05, 4.69) is 72.2 Å². The summed E-state index contributed by atoms with van der Waals surface area (Å²) in [6, 6.07) is 4.35. The molecule has 2 heterocycles. The first-order valence-corrected chi connectivity index (χ1v) is 8.41. The normalized spacial score (nSPS) is 13.1. The maximum absolute atomic E-state index is 3.74. The third-order valence-corrected chi connectivity index (χ3v) is 6.19.